The van der Waals surface area contributed by atoms with Crippen LogP contribution in [0.4, 0.5) is 10.5 Å². The summed E-state index contributed by atoms with van der Waals surface area (Å²) in [6, 6.07) is 34.3. The molecule has 10 nitrogen and oxygen atoms in total. The topological polar surface area (TPSA) is 117 Å². The number of anilines is 1. The van der Waals surface area contributed by atoms with Gasteiger partial charge in [0.25, 0.3) is 0 Å². The van der Waals surface area contributed by atoms with Crippen LogP contribution in [0.5, 0.6) is 23.0 Å². The van der Waals surface area contributed by atoms with Crippen LogP contribution in [0.25, 0.3) is 0 Å². The first-order valence-electron chi connectivity index (χ1n) is 17.7. The third-order valence-corrected chi connectivity index (χ3v) is 10.4. The van der Waals surface area contributed by atoms with Crippen molar-refractivity contribution in [2.75, 3.05) is 45.1 Å². The lowest BCUT2D eigenvalue weighted by Crippen LogP contribution is -2.48. The fourth-order valence-corrected chi connectivity index (χ4v) is 7.63. The number of ether oxygens (including phenoxy) is 4. The normalized spacial score (nSPS) is 22.2. The van der Waals surface area contributed by atoms with Crippen molar-refractivity contribution in [3.05, 3.63) is 114 Å². The van der Waals surface area contributed by atoms with Crippen molar-refractivity contribution < 1.29 is 28.8 Å². The van der Waals surface area contributed by atoms with Gasteiger partial charge in [-0.25, -0.2) is 4.79 Å². The Kier molecular flexibility index (Phi) is 10.6. The number of carbonyl (C=O) groups is 1. The molecule has 0 aromatic heterocycles. The summed E-state index contributed by atoms with van der Waals surface area (Å²) in [5.74, 6) is 2.67. The van der Waals surface area contributed by atoms with E-state index in [2.05, 4.69) is 22.4 Å². The molecule has 1 saturated heterocycles. The lowest BCUT2D eigenvalue weighted by atomic mass is 9.80. The lowest BCUT2D eigenvalue weighted by Gasteiger charge is -2.37. The molecular formula is C41H44N4O6. The van der Waals surface area contributed by atoms with Gasteiger partial charge in [0.2, 0.25) is 13.6 Å². The van der Waals surface area contributed by atoms with Crippen LogP contribution in [0.3, 0.4) is 0 Å². The van der Waals surface area contributed by atoms with Gasteiger partial charge in [-0.15, -0.1) is 0 Å². The summed E-state index contributed by atoms with van der Waals surface area (Å²) in [7, 11) is 0. The molecule has 10 heteroatoms. The van der Waals surface area contributed by atoms with Crippen molar-refractivity contribution in [3.63, 3.8) is 0 Å². The van der Waals surface area contributed by atoms with Crippen LogP contribution in [-0.4, -0.2) is 72.8 Å². The number of fused-ring (bicyclic) bond motifs is 1. The van der Waals surface area contributed by atoms with Gasteiger partial charge >= 0.3 is 6.03 Å². The Morgan fingerprint density at radius 3 is 2.27 bits per heavy atom. The third kappa shape index (κ3) is 8.39. The lowest BCUT2D eigenvalue weighted by molar-refractivity contribution is 0.0946. The standard InChI is InChI=1S/C41H44N4O6/c42-26-30-8-7-9-31(22-30)41-18-16-34(23-32(41)25-41)45(21-20-44-19-17-35(46)27-44)40(47)43-33-14-15-38(50-28-48-36-10-3-1-4-11-36)39(24-33)51-29-49-37-12-5-2-6-13-37/h1-15,22,24,32,34-35,46H,16-21,23,25,27-29H2,(H,43,47)/t32?,34?,35-,41-/m1/s1. The van der Waals surface area contributed by atoms with Crippen LogP contribution < -0.4 is 24.3 Å². The maximum absolute atomic E-state index is 14.2. The average Bonchev–Trinajstić information content (AvgIpc) is 3.77. The molecule has 1 heterocycles. The summed E-state index contributed by atoms with van der Waals surface area (Å²) >= 11 is 0. The van der Waals surface area contributed by atoms with Crippen LogP contribution in [0.1, 0.15) is 43.2 Å². The fourth-order valence-electron chi connectivity index (χ4n) is 7.63. The van der Waals surface area contributed by atoms with E-state index in [1.54, 1.807) is 18.2 Å². The molecule has 264 valence electrons. The van der Waals surface area contributed by atoms with Crippen LogP contribution >= 0.6 is 0 Å². The first-order valence-corrected chi connectivity index (χ1v) is 17.7. The number of urea groups is 1. The molecule has 0 bridgehead atoms. The van der Waals surface area contributed by atoms with Gasteiger partial charge in [0, 0.05) is 44.0 Å². The summed E-state index contributed by atoms with van der Waals surface area (Å²) in [6.07, 6.45) is 4.27. The largest absolute Gasteiger partial charge is 0.457 e. The number of carbonyl (C=O) groups excluding carboxylic acids is 1. The first kappa shape index (κ1) is 34.2. The smallest absolute Gasteiger partial charge is 0.322 e. The fraction of sp³-hybridized carbons (Fsp3) is 0.366. The predicted molar refractivity (Wildman–Crippen MR) is 193 cm³/mol. The van der Waals surface area contributed by atoms with Crippen LogP contribution in [0.2, 0.25) is 0 Å². The maximum atomic E-state index is 14.2. The zero-order valence-corrected chi connectivity index (χ0v) is 28.7. The van der Waals surface area contributed by atoms with E-state index in [4.69, 9.17) is 18.9 Å². The third-order valence-electron chi connectivity index (χ3n) is 10.4. The SMILES string of the molecule is N#Cc1cccc([C@]23CCC(N(CCN4CC[C@@H](O)C4)C(=O)Nc4ccc(OCOc5ccccc5)c(OCOc5ccccc5)c4)CC2C3)c1. The number of benzene rings is 4. The summed E-state index contributed by atoms with van der Waals surface area (Å²) in [5.41, 5.74) is 2.60. The predicted octanol–water partition coefficient (Wildman–Crippen LogP) is 6.80. The molecule has 1 aliphatic heterocycles. The number of hydrogen-bond donors (Lipinski definition) is 2. The molecule has 4 atom stereocenters. The second kappa shape index (κ2) is 15.8. The van der Waals surface area contributed by atoms with Gasteiger partial charge in [0.1, 0.15) is 11.5 Å². The van der Waals surface area contributed by atoms with E-state index < -0.39 is 0 Å². The van der Waals surface area contributed by atoms with E-state index in [0.29, 0.717) is 59.8 Å². The molecule has 2 amide bonds. The molecule has 0 radical (unpaired) electrons. The average molecular weight is 689 g/mol. The van der Waals surface area contributed by atoms with Crippen molar-refractivity contribution in [3.8, 4) is 29.1 Å². The molecule has 3 aliphatic rings. The highest BCUT2D eigenvalue weighted by molar-refractivity contribution is 5.90. The number of amides is 2. The van der Waals surface area contributed by atoms with Crippen LogP contribution in [0.15, 0.2) is 103 Å². The van der Waals surface area contributed by atoms with Crippen LogP contribution in [0, 0.1) is 17.2 Å². The second-order valence-corrected chi connectivity index (χ2v) is 13.6. The van der Waals surface area contributed by atoms with Gasteiger partial charge < -0.3 is 34.3 Å². The quantitative estimate of drug-likeness (QED) is 0.139. The number of nitrogens with zero attached hydrogens (tertiary/aromatic N) is 3. The number of aliphatic hydroxyl groups excluding tert-OH is 1. The minimum Gasteiger partial charge on any atom is -0.457 e. The summed E-state index contributed by atoms with van der Waals surface area (Å²) in [6.45, 7) is 2.61. The number of para-hydroxylation sites is 2. The number of rotatable bonds is 14. The molecule has 2 unspecified atom stereocenters. The Morgan fingerprint density at radius 1 is 0.882 bits per heavy atom. The highest BCUT2D eigenvalue weighted by Crippen LogP contribution is 2.63. The number of aliphatic hydroxyl groups is 1. The van der Waals surface area contributed by atoms with Gasteiger partial charge in [-0.3, -0.25) is 4.90 Å². The number of nitriles is 1. The first-order chi connectivity index (χ1) is 25.0. The minimum atomic E-state index is -0.318. The van der Waals surface area contributed by atoms with Gasteiger partial charge in [0.15, 0.2) is 11.5 Å². The number of hydrogen-bond acceptors (Lipinski definition) is 8. The van der Waals surface area contributed by atoms with E-state index in [-0.39, 0.29) is 37.2 Å². The molecular weight excluding hydrogens is 644 g/mol. The van der Waals surface area contributed by atoms with Gasteiger partial charge in [0.05, 0.1) is 17.7 Å². The van der Waals surface area contributed by atoms with E-state index in [0.717, 1.165) is 38.6 Å². The Morgan fingerprint density at radius 2 is 1.61 bits per heavy atom. The minimum absolute atomic E-state index is 0.0320. The monoisotopic (exact) mass is 688 g/mol. The van der Waals surface area contributed by atoms with E-state index >= 15 is 0 Å². The van der Waals surface area contributed by atoms with E-state index in [1.165, 1.54) is 5.56 Å². The number of β-amino-alcohol motifs (C(OH)–C–C–N with tert-alkyl or cyclic N) is 1. The molecule has 2 N–H and O–H groups in total. The number of nitrogens with one attached hydrogen (secondary N) is 1. The molecule has 7 rings (SSSR count). The van der Waals surface area contributed by atoms with E-state index in [1.807, 2.05) is 83.8 Å². The zero-order chi connectivity index (χ0) is 35.0. The van der Waals surface area contributed by atoms with Crippen molar-refractivity contribution in [2.45, 2.75) is 49.7 Å². The van der Waals surface area contributed by atoms with Crippen molar-refractivity contribution in [1.29, 1.82) is 5.26 Å². The molecule has 51 heavy (non-hydrogen) atoms. The highest BCUT2D eigenvalue weighted by Gasteiger charge is 2.58. The summed E-state index contributed by atoms with van der Waals surface area (Å²) in [5, 5.41) is 22.7. The van der Waals surface area contributed by atoms with Crippen molar-refractivity contribution in [1.82, 2.24) is 9.80 Å². The number of likely N-dealkylation sites (tertiary alicyclic amines) is 1. The van der Waals surface area contributed by atoms with Crippen molar-refractivity contribution >= 4 is 11.7 Å². The molecule has 2 saturated carbocycles. The summed E-state index contributed by atoms with van der Waals surface area (Å²) < 4.78 is 23.5. The Balaban J connectivity index is 1.05. The zero-order valence-electron chi connectivity index (χ0n) is 28.7. The molecule has 4 aromatic carbocycles. The van der Waals surface area contributed by atoms with Crippen LogP contribution in [-0.2, 0) is 5.41 Å². The molecule has 3 fully saturated rings. The second-order valence-electron chi connectivity index (χ2n) is 13.6. The van der Waals surface area contributed by atoms with Gasteiger partial charge in [-0.2, -0.15) is 5.26 Å². The Hall–Kier alpha value is -5.24. The highest BCUT2D eigenvalue weighted by atomic mass is 16.7. The molecule has 2 aliphatic carbocycles. The van der Waals surface area contributed by atoms with E-state index in [9.17, 15) is 15.2 Å². The van der Waals surface area contributed by atoms with Crippen molar-refractivity contribution in [2.24, 2.45) is 5.92 Å². The maximum Gasteiger partial charge on any atom is 0.322 e. The van der Waals surface area contributed by atoms with Gasteiger partial charge in [-0.1, -0.05) is 48.5 Å². The van der Waals surface area contributed by atoms with Gasteiger partial charge in [-0.05, 0) is 97.5 Å². The Labute approximate surface area is 299 Å². The summed E-state index contributed by atoms with van der Waals surface area (Å²) in [4.78, 5) is 18.4. The molecule has 0 spiro atoms. The Bertz CT molecular complexity index is 1820. The molecule has 4 aromatic rings.